The van der Waals surface area contributed by atoms with Gasteiger partial charge in [-0.15, -0.1) is 0 Å². The van der Waals surface area contributed by atoms with E-state index in [4.69, 9.17) is 0 Å². The molecule has 7 heteroatoms. The molecule has 3 atom stereocenters. The van der Waals surface area contributed by atoms with Crippen molar-refractivity contribution in [1.29, 1.82) is 0 Å². The van der Waals surface area contributed by atoms with Gasteiger partial charge in [-0.05, 0) is 25.8 Å². The number of unbranched alkanes of at least 4 members (excludes halogenated alkanes) is 4. The standard InChI is InChI=1S/C18H33NO5.K/c1-4-5-6-7-8-9-10-19(11-12-20,13-15(2)17(21)22)14-16(3)18(23)24;/h9-10,15-16,20H,4-8,11-14H2,1-3H3,(H-,21,22,23,24);/q;+1/b10-9+;. The molecule has 0 amide bonds. The van der Waals surface area contributed by atoms with Gasteiger partial charge in [0, 0.05) is 11.9 Å². The van der Waals surface area contributed by atoms with Gasteiger partial charge in [-0.25, -0.2) is 0 Å². The number of carbonyl (C=O) groups excluding carboxylic acids is 1. The predicted octanol–water partition coefficient (Wildman–Crippen LogP) is -1.61. The van der Waals surface area contributed by atoms with E-state index in [9.17, 15) is 24.9 Å². The fourth-order valence-electron chi connectivity index (χ4n) is 2.88. The molecule has 0 aromatic heterocycles. The molecular formula is C18H33KNO5+. The number of aliphatic hydroxyl groups excluding tert-OH is 1. The smallest absolute Gasteiger partial charge is 0.550 e. The van der Waals surface area contributed by atoms with Gasteiger partial charge < -0.3 is 20.1 Å². The van der Waals surface area contributed by atoms with E-state index in [0.29, 0.717) is 6.54 Å². The number of nitrogens with zero attached hydrogens (tertiary/aromatic N) is 1. The molecule has 0 heterocycles. The molecule has 25 heavy (non-hydrogen) atoms. The van der Waals surface area contributed by atoms with Crippen molar-refractivity contribution < 1.29 is 80.8 Å². The van der Waals surface area contributed by atoms with Gasteiger partial charge in [0.2, 0.25) is 0 Å². The first-order valence-corrected chi connectivity index (χ1v) is 8.86. The summed E-state index contributed by atoms with van der Waals surface area (Å²) in [6.45, 7) is 5.93. The van der Waals surface area contributed by atoms with Crippen LogP contribution in [-0.4, -0.2) is 52.9 Å². The number of aliphatic carboxylic acids is 2. The molecule has 3 unspecified atom stereocenters. The van der Waals surface area contributed by atoms with Gasteiger partial charge in [-0.3, -0.25) is 9.28 Å². The molecule has 0 saturated heterocycles. The number of carbonyl (C=O) groups is 2. The van der Waals surface area contributed by atoms with E-state index in [1.165, 1.54) is 6.42 Å². The van der Waals surface area contributed by atoms with Gasteiger partial charge in [-0.2, -0.15) is 0 Å². The van der Waals surface area contributed by atoms with Crippen LogP contribution in [0.2, 0.25) is 0 Å². The molecule has 0 aliphatic carbocycles. The molecule has 0 aliphatic heterocycles. The number of allylic oxidation sites excluding steroid dienone is 1. The molecule has 140 valence electrons. The number of hydrogen-bond acceptors (Lipinski definition) is 4. The summed E-state index contributed by atoms with van der Waals surface area (Å²) in [5.41, 5.74) is 0. The second-order valence-corrected chi connectivity index (χ2v) is 6.72. The summed E-state index contributed by atoms with van der Waals surface area (Å²) in [5, 5.41) is 29.7. The number of rotatable bonds is 14. The van der Waals surface area contributed by atoms with Gasteiger partial charge in [0.05, 0.1) is 25.9 Å². The van der Waals surface area contributed by atoms with Crippen LogP contribution in [0, 0.1) is 11.8 Å². The van der Waals surface area contributed by atoms with Crippen molar-refractivity contribution >= 4 is 11.9 Å². The zero-order valence-corrected chi connectivity index (χ0v) is 19.4. The van der Waals surface area contributed by atoms with E-state index in [0.717, 1.165) is 25.7 Å². The molecule has 0 radical (unpaired) electrons. The number of hydrogen-bond donors (Lipinski definition) is 2. The van der Waals surface area contributed by atoms with Crippen molar-refractivity contribution in [1.82, 2.24) is 0 Å². The Bertz CT molecular complexity index is 392. The van der Waals surface area contributed by atoms with Crippen LogP contribution >= 0.6 is 0 Å². The monoisotopic (exact) mass is 382 g/mol. The largest absolute Gasteiger partial charge is 1.00 e. The Morgan fingerprint density at radius 2 is 1.72 bits per heavy atom. The maximum absolute atomic E-state index is 11.2. The maximum atomic E-state index is 11.2. The van der Waals surface area contributed by atoms with Crippen molar-refractivity contribution in [2.75, 3.05) is 26.2 Å². The van der Waals surface area contributed by atoms with E-state index < -0.39 is 23.8 Å². The minimum absolute atomic E-state index is 0. The summed E-state index contributed by atoms with van der Waals surface area (Å²) in [6, 6.07) is 0. The molecule has 0 fully saturated rings. The topological polar surface area (TPSA) is 97.7 Å². The molecule has 0 bridgehead atoms. The quantitative estimate of drug-likeness (QED) is 0.214. The van der Waals surface area contributed by atoms with Crippen molar-refractivity contribution in [3.8, 4) is 0 Å². The van der Waals surface area contributed by atoms with Crippen LogP contribution in [0.15, 0.2) is 12.3 Å². The Balaban J connectivity index is 0. The summed E-state index contributed by atoms with van der Waals surface area (Å²) in [4.78, 5) is 22.3. The first kappa shape index (κ1) is 27.5. The van der Waals surface area contributed by atoms with Gasteiger partial charge in [0.25, 0.3) is 0 Å². The van der Waals surface area contributed by atoms with Crippen molar-refractivity contribution in [3.63, 3.8) is 0 Å². The van der Waals surface area contributed by atoms with Crippen molar-refractivity contribution in [3.05, 3.63) is 12.3 Å². The molecule has 0 rings (SSSR count). The first-order valence-electron chi connectivity index (χ1n) is 8.86. The van der Waals surface area contributed by atoms with Crippen LogP contribution in [0.4, 0.5) is 0 Å². The minimum Gasteiger partial charge on any atom is -0.550 e. The van der Waals surface area contributed by atoms with Crippen LogP contribution in [-0.2, 0) is 9.59 Å². The van der Waals surface area contributed by atoms with Crippen LogP contribution in [0.1, 0.15) is 52.9 Å². The Kier molecular flexibility index (Phi) is 16.8. The summed E-state index contributed by atoms with van der Waals surface area (Å²) >= 11 is 0. The van der Waals surface area contributed by atoms with Gasteiger partial charge in [-0.1, -0.05) is 33.1 Å². The van der Waals surface area contributed by atoms with E-state index in [-0.39, 0.29) is 75.6 Å². The van der Waals surface area contributed by atoms with Crippen molar-refractivity contribution in [2.24, 2.45) is 11.8 Å². The molecule has 0 aromatic carbocycles. The van der Waals surface area contributed by atoms with Gasteiger partial charge in [0.15, 0.2) is 0 Å². The number of carboxylic acids is 2. The first-order chi connectivity index (χ1) is 11.3. The van der Waals surface area contributed by atoms with Crippen LogP contribution < -0.4 is 56.5 Å². The minimum atomic E-state index is -1.16. The zero-order chi connectivity index (χ0) is 18.6. The summed E-state index contributed by atoms with van der Waals surface area (Å²) in [5.74, 6) is -3.43. The third-order valence-corrected chi connectivity index (χ3v) is 4.29. The Morgan fingerprint density at radius 1 is 1.12 bits per heavy atom. The number of aliphatic hydroxyl groups is 1. The fourth-order valence-corrected chi connectivity index (χ4v) is 2.88. The molecule has 0 saturated carbocycles. The molecule has 2 N–H and O–H groups in total. The van der Waals surface area contributed by atoms with Crippen LogP contribution in [0.5, 0.6) is 0 Å². The number of quaternary nitrogens is 1. The zero-order valence-electron chi connectivity index (χ0n) is 16.2. The SMILES string of the molecule is CCCCCC/C=C/[N+](CCO)(CC(C)C(=O)[O-])CC(C)C(=O)O.[K+]. The Morgan fingerprint density at radius 3 is 2.20 bits per heavy atom. The molecule has 6 nitrogen and oxygen atoms in total. The Hall–Kier alpha value is 0.236. The third-order valence-electron chi connectivity index (χ3n) is 4.29. The second-order valence-electron chi connectivity index (χ2n) is 6.72. The average Bonchev–Trinajstić information content (AvgIpc) is 2.50. The Labute approximate surface area is 194 Å². The molecule has 0 spiro atoms. The van der Waals surface area contributed by atoms with E-state index >= 15 is 0 Å². The average molecular weight is 383 g/mol. The maximum Gasteiger partial charge on any atom is 1.00 e. The normalized spacial score (nSPS) is 16.0. The van der Waals surface area contributed by atoms with Gasteiger partial charge in [0.1, 0.15) is 12.5 Å². The third kappa shape index (κ3) is 12.3. The summed E-state index contributed by atoms with van der Waals surface area (Å²) in [7, 11) is 0. The summed E-state index contributed by atoms with van der Waals surface area (Å²) < 4.78 is 0.146. The van der Waals surface area contributed by atoms with Crippen LogP contribution in [0.25, 0.3) is 0 Å². The van der Waals surface area contributed by atoms with E-state index in [2.05, 4.69) is 6.92 Å². The van der Waals surface area contributed by atoms with E-state index in [1.807, 2.05) is 12.3 Å². The van der Waals surface area contributed by atoms with E-state index in [1.54, 1.807) is 13.8 Å². The summed E-state index contributed by atoms with van der Waals surface area (Å²) in [6.07, 6.45) is 9.26. The van der Waals surface area contributed by atoms with Crippen LogP contribution in [0.3, 0.4) is 0 Å². The fraction of sp³-hybridized carbons (Fsp3) is 0.778. The molecular weight excluding hydrogens is 349 g/mol. The predicted molar refractivity (Wildman–Crippen MR) is 90.8 cm³/mol. The molecule has 0 aromatic rings. The van der Waals surface area contributed by atoms with Crippen molar-refractivity contribution in [2.45, 2.75) is 52.9 Å². The molecule has 0 aliphatic rings. The number of carboxylic acid groups (broad SMARTS) is 2. The van der Waals surface area contributed by atoms with Gasteiger partial charge >= 0.3 is 57.4 Å². The second kappa shape index (κ2) is 15.3.